The molecule has 3 rings (SSSR count). The Kier molecular flexibility index (Phi) is 4.97. The molecule has 1 aromatic heterocycles. The summed E-state index contributed by atoms with van der Waals surface area (Å²) in [4.78, 5) is 12.0. The molecular weight excluding hydrogens is 338 g/mol. The zero-order valence-corrected chi connectivity index (χ0v) is 14.2. The standard InChI is InChI=1S/C19H16F2N4O/c1-12(2)25-19(22-23-24-25)17(11-26)18(13-3-7-15(20)8-4-13)14-5-9-16(21)10-6-14/h3-12H,1-2H3. The molecular formula is C19H16F2N4O. The van der Waals surface area contributed by atoms with Crippen LogP contribution in [0.3, 0.4) is 0 Å². The normalized spacial score (nSPS) is 10.8. The first kappa shape index (κ1) is 17.6. The van der Waals surface area contributed by atoms with Gasteiger partial charge in [-0.1, -0.05) is 24.3 Å². The van der Waals surface area contributed by atoms with E-state index in [1.54, 1.807) is 24.3 Å². The maximum atomic E-state index is 13.4. The molecule has 0 radical (unpaired) electrons. The topological polar surface area (TPSA) is 60.7 Å². The Labute approximate surface area is 149 Å². The summed E-state index contributed by atoms with van der Waals surface area (Å²) >= 11 is 0. The molecule has 2 aromatic carbocycles. The lowest BCUT2D eigenvalue weighted by Crippen LogP contribution is -2.10. The predicted octanol–water partition coefficient (Wildman–Crippen LogP) is 3.69. The molecule has 0 bridgehead atoms. The molecule has 1 heterocycles. The van der Waals surface area contributed by atoms with Gasteiger partial charge in [0.2, 0.25) is 0 Å². The van der Waals surface area contributed by atoms with Crippen LogP contribution in [0.15, 0.2) is 48.5 Å². The highest BCUT2D eigenvalue weighted by Crippen LogP contribution is 2.31. The molecule has 132 valence electrons. The lowest BCUT2D eigenvalue weighted by atomic mass is 9.93. The van der Waals surface area contributed by atoms with Gasteiger partial charge in [-0.05, 0) is 59.7 Å². The molecule has 0 N–H and O–H groups in total. The third-order valence-electron chi connectivity index (χ3n) is 3.88. The molecule has 0 spiro atoms. The lowest BCUT2D eigenvalue weighted by Gasteiger charge is -2.14. The number of allylic oxidation sites excluding steroid dienone is 1. The van der Waals surface area contributed by atoms with E-state index < -0.39 is 11.6 Å². The largest absolute Gasteiger partial charge is 0.298 e. The van der Waals surface area contributed by atoms with E-state index in [9.17, 15) is 13.6 Å². The van der Waals surface area contributed by atoms with Crippen LogP contribution in [0.2, 0.25) is 0 Å². The molecule has 7 heteroatoms. The molecule has 26 heavy (non-hydrogen) atoms. The van der Waals surface area contributed by atoms with Gasteiger partial charge in [0.05, 0.1) is 11.6 Å². The monoisotopic (exact) mass is 354 g/mol. The zero-order chi connectivity index (χ0) is 18.7. The summed E-state index contributed by atoms with van der Waals surface area (Å²) in [5.74, 6) is -0.502. The maximum absolute atomic E-state index is 13.4. The Hall–Kier alpha value is -3.22. The molecule has 0 amide bonds. The van der Waals surface area contributed by atoms with Gasteiger partial charge in [-0.25, -0.2) is 13.5 Å². The predicted molar refractivity (Wildman–Crippen MR) is 93.0 cm³/mol. The third-order valence-corrected chi connectivity index (χ3v) is 3.88. The first-order valence-electron chi connectivity index (χ1n) is 8.01. The second kappa shape index (κ2) is 7.35. The summed E-state index contributed by atoms with van der Waals surface area (Å²) < 4.78 is 28.2. The summed E-state index contributed by atoms with van der Waals surface area (Å²) in [6.45, 7) is 3.77. The molecule has 5 nitrogen and oxygen atoms in total. The highest BCUT2D eigenvalue weighted by molar-refractivity contribution is 6.19. The number of benzene rings is 2. The van der Waals surface area contributed by atoms with E-state index in [0.29, 0.717) is 28.8 Å². The number of halogens is 2. The van der Waals surface area contributed by atoms with Crippen molar-refractivity contribution in [2.24, 2.45) is 0 Å². The van der Waals surface area contributed by atoms with Gasteiger partial charge in [0.25, 0.3) is 0 Å². The van der Waals surface area contributed by atoms with Crippen LogP contribution >= 0.6 is 0 Å². The van der Waals surface area contributed by atoms with Crippen molar-refractivity contribution in [2.45, 2.75) is 19.9 Å². The summed E-state index contributed by atoms with van der Waals surface area (Å²) in [5.41, 5.74) is 1.93. The summed E-state index contributed by atoms with van der Waals surface area (Å²) in [7, 11) is 0. The fourth-order valence-electron chi connectivity index (χ4n) is 2.65. The fraction of sp³-hybridized carbons (Fsp3) is 0.158. The molecule has 0 saturated heterocycles. The second-order valence-corrected chi connectivity index (χ2v) is 5.96. The second-order valence-electron chi connectivity index (χ2n) is 5.96. The molecule has 0 atom stereocenters. The SMILES string of the molecule is CC(C)n1nnnc1C(C=O)=C(c1ccc(F)cc1)c1ccc(F)cc1. The van der Waals surface area contributed by atoms with Crippen LogP contribution in [0, 0.1) is 11.6 Å². The van der Waals surface area contributed by atoms with Crippen molar-refractivity contribution in [2.75, 3.05) is 0 Å². The van der Waals surface area contributed by atoms with Crippen molar-refractivity contribution >= 4 is 17.4 Å². The van der Waals surface area contributed by atoms with E-state index in [2.05, 4.69) is 15.5 Å². The van der Waals surface area contributed by atoms with Gasteiger partial charge in [0, 0.05) is 5.57 Å². The quantitative estimate of drug-likeness (QED) is 0.518. The van der Waals surface area contributed by atoms with E-state index >= 15 is 0 Å². The molecule has 0 fully saturated rings. The Bertz CT molecular complexity index is 897. The van der Waals surface area contributed by atoms with Crippen LogP contribution in [-0.2, 0) is 4.79 Å². The molecule has 0 unspecified atom stereocenters. The Morgan fingerprint density at radius 1 is 0.962 bits per heavy atom. The lowest BCUT2D eigenvalue weighted by molar-refractivity contribution is -0.103. The van der Waals surface area contributed by atoms with Crippen molar-refractivity contribution in [3.63, 3.8) is 0 Å². The third kappa shape index (κ3) is 3.42. The summed E-state index contributed by atoms with van der Waals surface area (Å²) in [6.07, 6.45) is 0.659. The smallest absolute Gasteiger partial charge is 0.186 e. The number of hydrogen-bond donors (Lipinski definition) is 0. The minimum Gasteiger partial charge on any atom is -0.298 e. The average molecular weight is 354 g/mol. The minimum atomic E-state index is -0.396. The van der Waals surface area contributed by atoms with Crippen molar-refractivity contribution in [3.8, 4) is 0 Å². The maximum Gasteiger partial charge on any atom is 0.186 e. The number of aromatic nitrogens is 4. The van der Waals surface area contributed by atoms with Crippen LogP contribution in [0.25, 0.3) is 11.1 Å². The van der Waals surface area contributed by atoms with Crippen LogP contribution in [0.5, 0.6) is 0 Å². The minimum absolute atomic E-state index is 0.0716. The van der Waals surface area contributed by atoms with Gasteiger partial charge in [-0.3, -0.25) is 4.79 Å². The van der Waals surface area contributed by atoms with Crippen LogP contribution in [-0.4, -0.2) is 26.5 Å². The molecule has 0 aliphatic heterocycles. The van der Waals surface area contributed by atoms with Crippen molar-refractivity contribution in [1.29, 1.82) is 0 Å². The number of hydrogen-bond acceptors (Lipinski definition) is 4. The Morgan fingerprint density at radius 2 is 1.46 bits per heavy atom. The van der Waals surface area contributed by atoms with E-state index in [0.717, 1.165) is 0 Å². The van der Waals surface area contributed by atoms with E-state index in [1.807, 2.05) is 13.8 Å². The number of carbonyl (C=O) groups is 1. The van der Waals surface area contributed by atoms with Crippen LogP contribution < -0.4 is 0 Å². The highest BCUT2D eigenvalue weighted by atomic mass is 19.1. The Balaban J connectivity index is 2.31. The van der Waals surface area contributed by atoms with Gasteiger partial charge in [-0.2, -0.15) is 0 Å². The van der Waals surface area contributed by atoms with Gasteiger partial charge < -0.3 is 0 Å². The first-order valence-corrected chi connectivity index (χ1v) is 8.01. The van der Waals surface area contributed by atoms with Gasteiger partial charge in [-0.15, -0.1) is 5.10 Å². The Morgan fingerprint density at radius 3 is 1.88 bits per heavy atom. The first-order chi connectivity index (χ1) is 12.5. The van der Waals surface area contributed by atoms with Crippen LogP contribution in [0.1, 0.15) is 36.8 Å². The molecule has 0 aliphatic carbocycles. The number of rotatable bonds is 5. The van der Waals surface area contributed by atoms with Crippen LogP contribution in [0.4, 0.5) is 8.78 Å². The van der Waals surface area contributed by atoms with Gasteiger partial charge >= 0.3 is 0 Å². The highest BCUT2D eigenvalue weighted by Gasteiger charge is 2.20. The molecule has 0 aliphatic rings. The average Bonchev–Trinajstić information content (AvgIpc) is 3.11. The van der Waals surface area contributed by atoms with Gasteiger partial charge in [0.1, 0.15) is 11.6 Å². The zero-order valence-electron chi connectivity index (χ0n) is 14.2. The van der Waals surface area contributed by atoms with Crippen molar-refractivity contribution in [1.82, 2.24) is 20.2 Å². The van der Waals surface area contributed by atoms with Crippen molar-refractivity contribution < 1.29 is 13.6 Å². The van der Waals surface area contributed by atoms with E-state index in [-0.39, 0.29) is 11.6 Å². The van der Waals surface area contributed by atoms with E-state index in [4.69, 9.17) is 0 Å². The number of aldehydes is 1. The van der Waals surface area contributed by atoms with Gasteiger partial charge in [0.15, 0.2) is 12.1 Å². The molecule has 3 aromatic rings. The van der Waals surface area contributed by atoms with Crippen molar-refractivity contribution in [3.05, 3.63) is 77.1 Å². The summed E-state index contributed by atoms with van der Waals surface area (Å²) in [6, 6.07) is 11.3. The number of carbonyl (C=O) groups excluding carboxylic acids is 1. The number of tetrazole rings is 1. The number of nitrogens with zero attached hydrogens (tertiary/aromatic N) is 4. The summed E-state index contributed by atoms with van der Waals surface area (Å²) in [5, 5.41) is 11.6. The fourth-order valence-corrected chi connectivity index (χ4v) is 2.65. The van der Waals surface area contributed by atoms with E-state index in [1.165, 1.54) is 28.9 Å². The molecule has 0 saturated carbocycles.